The zero-order chi connectivity index (χ0) is 57.1. The van der Waals surface area contributed by atoms with Gasteiger partial charge in [0.25, 0.3) is 23.2 Å². The first-order valence-electron chi connectivity index (χ1n) is 24.8. The number of rotatable bonds is 18. The number of anilines is 4. The highest BCUT2D eigenvalue weighted by Gasteiger charge is 2.40. The fourth-order valence-electron chi connectivity index (χ4n) is 10.2. The van der Waals surface area contributed by atoms with Gasteiger partial charge in [0, 0.05) is 97.1 Å². The van der Waals surface area contributed by atoms with Gasteiger partial charge in [-0.2, -0.15) is 0 Å². The molecule has 0 radical (unpaired) electrons. The van der Waals surface area contributed by atoms with Gasteiger partial charge in [0.15, 0.2) is 11.5 Å². The quantitative estimate of drug-likeness (QED) is 0.0355. The molecule has 2 unspecified atom stereocenters. The number of non-ortho nitro benzene ring substituents is 2. The van der Waals surface area contributed by atoms with Crippen LogP contribution in [0.1, 0.15) is 44.1 Å². The van der Waals surface area contributed by atoms with Gasteiger partial charge in [-0.25, -0.2) is 31.1 Å². The van der Waals surface area contributed by atoms with Gasteiger partial charge in [0.1, 0.15) is 11.2 Å². The van der Waals surface area contributed by atoms with Crippen molar-refractivity contribution in [3.05, 3.63) is 140 Å². The molecule has 0 aliphatic carbocycles. The Balaban J connectivity index is 0.844. The third-order valence-corrected chi connectivity index (χ3v) is 17.6. The summed E-state index contributed by atoms with van der Waals surface area (Å²) in [6.45, 7) is 1.20. The average Bonchev–Trinajstić information content (AvgIpc) is 4.41. The number of fused-ring (bicyclic) bond motifs is 8. The van der Waals surface area contributed by atoms with Crippen LogP contribution in [0.25, 0.3) is 43.5 Å². The molecule has 80 heavy (non-hydrogen) atoms. The number of nitrogens with one attached hydrogen (secondary N) is 4. The van der Waals surface area contributed by atoms with Crippen molar-refractivity contribution in [3.8, 4) is 0 Å². The van der Waals surface area contributed by atoms with Crippen LogP contribution in [0.15, 0.2) is 116 Å². The van der Waals surface area contributed by atoms with Crippen molar-refractivity contribution in [2.75, 3.05) is 99.7 Å². The monoisotopic (exact) mass is 1170 g/mol. The smallest absolute Gasteiger partial charge is 0.323 e. The number of carbonyl (C=O) groups is 3. The summed E-state index contributed by atoms with van der Waals surface area (Å²) in [5.41, 5.74) is 1.99. The molecular formula is C53H50Cl2N10O13S2. The van der Waals surface area contributed by atoms with Crippen molar-refractivity contribution in [1.82, 2.24) is 19.2 Å². The second-order valence-corrected chi connectivity index (χ2v) is 24.0. The van der Waals surface area contributed by atoms with Crippen molar-refractivity contribution in [1.29, 1.82) is 0 Å². The SMILES string of the molecule is CN(C)CCNS(=O)(=O)c1ccc2c3c(cc([N+](=O)[O-])c2c1)N(C(=O)c1cc2cc(NC(=O)Nc4ccc5oc(C(=O)N6CC(CCl)c7c6cc([N+](=O)[O-])c6cc(S(=O)(=O)NCCN(C)C)ccc76)cc5c4)ccc2o1)CC3CCl. The van der Waals surface area contributed by atoms with Crippen LogP contribution in [0.2, 0.25) is 0 Å². The number of nitro benzene ring substituents is 2. The van der Waals surface area contributed by atoms with Gasteiger partial charge in [-0.15, -0.1) is 23.2 Å². The Bertz CT molecular complexity index is 3870. The van der Waals surface area contributed by atoms with E-state index in [1.165, 1.54) is 70.5 Å². The highest BCUT2D eigenvalue weighted by atomic mass is 35.5. The molecule has 4 amide bonds. The number of hydrogen-bond donors (Lipinski definition) is 4. The molecule has 0 spiro atoms. The third-order valence-electron chi connectivity index (χ3n) is 14.0. The predicted octanol–water partition coefficient (Wildman–Crippen LogP) is 8.59. The van der Waals surface area contributed by atoms with E-state index in [1.54, 1.807) is 74.4 Å². The maximum Gasteiger partial charge on any atom is 0.323 e. The summed E-state index contributed by atoms with van der Waals surface area (Å²) in [5, 5.41) is 32.3. The third kappa shape index (κ3) is 10.6. The van der Waals surface area contributed by atoms with E-state index in [0.717, 1.165) is 0 Å². The van der Waals surface area contributed by atoms with E-state index >= 15 is 0 Å². The topological polar surface area (TPSA) is 293 Å². The summed E-state index contributed by atoms with van der Waals surface area (Å²) in [5.74, 6) is -2.29. The number of nitrogens with zero attached hydrogens (tertiary/aromatic N) is 6. The van der Waals surface area contributed by atoms with Crippen LogP contribution < -0.4 is 29.9 Å². The van der Waals surface area contributed by atoms with Crippen LogP contribution in [0.5, 0.6) is 0 Å². The number of benzene rings is 6. The Morgan fingerprint density at radius 1 is 0.588 bits per heavy atom. The molecule has 6 aromatic carbocycles. The van der Waals surface area contributed by atoms with E-state index < -0.39 is 70.9 Å². The van der Waals surface area contributed by atoms with E-state index in [9.17, 15) is 51.4 Å². The van der Waals surface area contributed by atoms with Crippen molar-refractivity contribution in [2.45, 2.75) is 21.6 Å². The summed E-state index contributed by atoms with van der Waals surface area (Å²) in [4.78, 5) is 71.7. The van der Waals surface area contributed by atoms with Crippen LogP contribution in [-0.4, -0.2) is 134 Å². The fourth-order valence-corrected chi connectivity index (χ4v) is 12.8. The summed E-state index contributed by atoms with van der Waals surface area (Å²) in [6, 6.07) is 22.4. The van der Waals surface area contributed by atoms with Crippen molar-refractivity contribution >= 4 is 139 Å². The molecule has 27 heteroatoms. The van der Waals surface area contributed by atoms with Crippen LogP contribution in [-0.2, 0) is 20.0 Å². The fraction of sp³-hybridized carbons (Fsp3) is 0.264. The maximum atomic E-state index is 14.3. The lowest BCUT2D eigenvalue weighted by Crippen LogP contribution is -2.31. The Morgan fingerprint density at radius 3 is 1.35 bits per heavy atom. The second kappa shape index (κ2) is 21.7. The maximum absolute atomic E-state index is 14.3. The van der Waals surface area contributed by atoms with E-state index in [1.807, 2.05) is 0 Å². The minimum absolute atomic E-state index is 0.0417. The minimum Gasteiger partial charge on any atom is -0.451 e. The first kappa shape index (κ1) is 55.6. The highest BCUT2D eigenvalue weighted by Crippen LogP contribution is 2.48. The number of nitro groups is 2. The van der Waals surface area contributed by atoms with Gasteiger partial charge in [-0.05, 0) is 123 Å². The van der Waals surface area contributed by atoms with E-state index in [-0.39, 0.29) is 81.4 Å². The van der Waals surface area contributed by atoms with Gasteiger partial charge in [0.2, 0.25) is 20.0 Å². The summed E-state index contributed by atoms with van der Waals surface area (Å²) in [7, 11) is -0.869. The number of likely N-dealkylation sites (N-methyl/N-ethyl adjacent to an activating group) is 2. The Hall–Kier alpha value is -7.75. The molecule has 416 valence electrons. The van der Waals surface area contributed by atoms with Crippen molar-refractivity contribution in [3.63, 3.8) is 0 Å². The number of urea groups is 1. The first-order valence-corrected chi connectivity index (χ1v) is 28.8. The second-order valence-electron chi connectivity index (χ2n) is 19.8. The molecule has 23 nitrogen and oxygen atoms in total. The molecular weight excluding hydrogens is 1120 g/mol. The lowest BCUT2D eigenvalue weighted by atomic mass is 9.95. The van der Waals surface area contributed by atoms with E-state index in [2.05, 4.69) is 20.1 Å². The van der Waals surface area contributed by atoms with Crippen LogP contribution >= 0.6 is 23.2 Å². The van der Waals surface area contributed by atoms with Gasteiger partial charge in [-0.3, -0.25) is 29.8 Å². The summed E-state index contributed by atoms with van der Waals surface area (Å²) >= 11 is 12.9. The normalized spacial score (nSPS) is 15.4. The predicted molar refractivity (Wildman–Crippen MR) is 304 cm³/mol. The molecule has 0 fully saturated rings. The number of amides is 4. The zero-order valence-corrected chi connectivity index (χ0v) is 46.3. The molecule has 10 rings (SSSR count). The number of hydrogen-bond acceptors (Lipinski definition) is 15. The standard InChI is InChI=1S/C53H50Cl2N10O13S2/c1-60(2)15-13-56-79(73,74)35-7-9-37-39(21-35)41(64(69)70)23-43-49(37)31(25-54)27-62(43)51(66)47-19-29-17-33(5-11-45(29)77-47)58-53(68)59-34-6-12-46-30(18-34)20-48(78-46)52(67)63-28-32(26-55)50-38-10-8-36(80(75,76)57-14-16-61(3)4)22-40(38)42(65(71)72)24-44(50)63/h5-12,17-24,31-32,56-57H,13-16,25-28H2,1-4H3,(H2,58,59,68). The highest BCUT2D eigenvalue weighted by molar-refractivity contribution is 7.89. The molecule has 0 saturated carbocycles. The summed E-state index contributed by atoms with van der Waals surface area (Å²) in [6.07, 6.45) is 0. The lowest BCUT2D eigenvalue weighted by molar-refractivity contribution is -0.383. The van der Waals surface area contributed by atoms with Crippen molar-refractivity contribution < 1.29 is 49.9 Å². The molecule has 0 bridgehead atoms. The molecule has 4 heterocycles. The number of alkyl halides is 2. The molecule has 2 atom stereocenters. The van der Waals surface area contributed by atoms with Gasteiger partial charge >= 0.3 is 6.03 Å². The average molecular weight is 1170 g/mol. The van der Waals surface area contributed by atoms with E-state index in [0.29, 0.717) is 68.3 Å². The molecule has 8 aromatic rings. The largest absolute Gasteiger partial charge is 0.451 e. The first-order chi connectivity index (χ1) is 38.0. The Kier molecular flexibility index (Phi) is 15.1. The van der Waals surface area contributed by atoms with Crippen LogP contribution in [0.3, 0.4) is 0 Å². The molecule has 0 saturated heterocycles. The molecule has 4 N–H and O–H groups in total. The van der Waals surface area contributed by atoms with Crippen LogP contribution in [0, 0.1) is 20.2 Å². The van der Waals surface area contributed by atoms with Gasteiger partial charge in [-0.1, -0.05) is 12.1 Å². The number of sulfonamides is 2. The molecule has 2 aromatic heterocycles. The van der Waals surface area contributed by atoms with Gasteiger partial charge < -0.3 is 39.1 Å². The number of furan rings is 2. The van der Waals surface area contributed by atoms with Crippen molar-refractivity contribution in [2.24, 2.45) is 0 Å². The molecule has 2 aliphatic rings. The molecule has 2 aliphatic heterocycles. The van der Waals surface area contributed by atoms with Gasteiger partial charge in [0.05, 0.1) is 41.8 Å². The Labute approximate surface area is 466 Å². The lowest BCUT2D eigenvalue weighted by Gasteiger charge is -2.17. The number of halogens is 2. The minimum atomic E-state index is -4.02. The van der Waals surface area contributed by atoms with E-state index in [4.69, 9.17) is 32.0 Å². The number of carbonyl (C=O) groups excluding carboxylic acids is 3. The summed E-state index contributed by atoms with van der Waals surface area (Å²) < 4.78 is 69.7. The zero-order valence-electron chi connectivity index (χ0n) is 43.1. The Morgan fingerprint density at radius 2 is 0.988 bits per heavy atom. The van der Waals surface area contributed by atoms with Crippen LogP contribution in [0.4, 0.5) is 38.9 Å².